The molecule has 1 aromatic carbocycles. The van der Waals surface area contributed by atoms with E-state index in [-0.39, 0.29) is 17.5 Å². The van der Waals surface area contributed by atoms with Crippen molar-refractivity contribution in [1.29, 1.82) is 0 Å². The van der Waals surface area contributed by atoms with Crippen LogP contribution in [0.2, 0.25) is 0 Å². The number of benzene rings is 1. The summed E-state index contributed by atoms with van der Waals surface area (Å²) in [4.78, 5) is 11.8. The Bertz CT molecular complexity index is 476. The minimum Gasteiger partial charge on any atom is -0.384 e. The lowest BCUT2D eigenvalue weighted by Crippen LogP contribution is -2.17. The molecule has 0 saturated carbocycles. The first kappa shape index (κ1) is 13.7. The van der Waals surface area contributed by atoms with Crippen molar-refractivity contribution >= 4 is 11.6 Å². The number of hydrogen-bond donors (Lipinski definition) is 1. The Kier molecular flexibility index (Phi) is 3.95. The number of carbonyl (C=O) groups excluding carboxylic acids is 1. The van der Waals surface area contributed by atoms with Crippen LogP contribution in [0.5, 0.6) is 0 Å². The molecule has 0 fully saturated rings. The van der Waals surface area contributed by atoms with Crippen LogP contribution in [-0.2, 0) is 15.2 Å². The van der Waals surface area contributed by atoms with E-state index in [1.807, 2.05) is 38.1 Å². The van der Waals surface area contributed by atoms with Crippen LogP contribution < -0.4 is 5.32 Å². The maximum absolute atomic E-state index is 11.8. The average molecular weight is 261 g/mol. The number of ether oxygens (including phenoxy) is 1. The second kappa shape index (κ2) is 5.48. The van der Waals surface area contributed by atoms with Crippen molar-refractivity contribution in [2.75, 3.05) is 19.0 Å². The Balaban J connectivity index is 1.87. The second-order valence-electron chi connectivity index (χ2n) is 5.11. The van der Waals surface area contributed by atoms with E-state index in [2.05, 4.69) is 15.5 Å². The van der Waals surface area contributed by atoms with Crippen molar-refractivity contribution in [1.82, 2.24) is 0 Å². The lowest BCUT2D eigenvalue weighted by molar-refractivity contribution is -0.117. The molecule has 5 heteroatoms. The predicted molar refractivity (Wildman–Crippen MR) is 72.9 cm³/mol. The van der Waals surface area contributed by atoms with Crippen LogP contribution in [0.3, 0.4) is 0 Å². The van der Waals surface area contributed by atoms with Gasteiger partial charge >= 0.3 is 0 Å². The molecule has 0 radical (unpaired) electrons. The maximum atomic E-state index is 11.8. The smallest absolute Gasteiger partial charge is 0.224 e. The van der Waals surface area contributed by atoms with Gasteiger partial charge in [-0.15, -0.1) is 0 Å². The number of hydrogen-bond acceptors (Lipinski definition) is 4. The molecule has 5 nitrogen and oxygen atoms in total. The normalized spacial score (nSPS) is 17.0. The lowest BCUT2D eigenvalue weighted by Gasteiger charge is -2.11. The Hall–Kier alpha value is -1.75. The Morgan fingerprint density at radius 1 is 1.37 bits per heavy atom. The highest BCUT2D eigenvalue weighted by Crippen LogP contribution is 2.38. The van der Waals surface area contributed by atoms with E-state index in [0.29, 0.717) is 13.0 Å². The summed E-state index contributed by atoms with van der Waals surface area (Å²) < 4.78 is 5.01. The number of carbonyl (C=O) groups is 1. The van der Waals surface area contributed by atoms with Crippen molar-refractivity contribution in [3.05, 3.63) is 29.8 Å². The van der Waals surface area contributed by atoms with Crippen molar-refractivity contribution in [2.45, 2.75) is 25.9 Å². The van der Waals surface area contributed by atoms with Gasteiger partial charge in [0, 0.05) is 31.4 Å². The molecule has 0 saturated heterocycles. The fourth-order valence-electron chi connectivity index (χ4n) is 1.93. The molecule has 1 aliphatic rings. The average Bonchev–Trinajstić information content (AvgIpc) is 3.09. The van der Waals surface area contributed by atoms with E-state index in [1.54, 1.807) is 7.11 Å². The van der Waals surface area contributed by atoms with Gasteiger partial charge in [0.2, 0.25) is 11.6 Å². The highest BCUT2D eigenvalue weighted by molar-refractivity contribution is 5.90. The summed E-state index contributed by atoms with van der Waals surface area (Å²) in [6.07, 6.45) is 0.456. The van der Waals surface area contributed by atoms with Crippen LogP contribution in [0.1, 0.15) is 25.8 Å². The topological polar surface area (TPSA) is 63.0 Å². The van der Waals surface area contributed by atoms with E-state index in [9.17, 15) is 4.79 Å². The SMILES string of the molecule is COCC(C)CC(=O)Nc1ccc(C2(C)N=N2)cc1. The quantitative estimate of drug-likeness (QED) is 0.855. The molecule has 1 heterocycles. The minimum atomic E-state index is -0.366. The third-order valence-corrected chi connectivity index (χ3v) is 3.10. The molecule has 1 atom stereocenters. The van der Waals surface area contributed by atoms with E-state index >= 15 is 0 Å². The van der Waals surface area contributed by atoms with Gasteiger partial charge in [-0.05, 0) is 25.0 Å². The molecule has 0 aromatic heterocycles. The molecule has 2 rings (SSSR count). The van der Waals surface area contributed by atoms with Crippen LogP contribution >= 0.6 is 0 Å². The first-order valence-electron chi connectivity index (χ1n) is 6.37. The van der Waals surface area contributed by atoms with Crippen molar-refractivity contribution in [3.8, 4) is 0 Å². The summed E-state index contributed by atoms with van der Waals surface area (Å²) in [7, 11) is 1.64. The zero-order valence-corrected chi connectivity index (χ0v) is 11.5. The van der Waals surface area contributed by atoms with Crippen molar-refractivity contribution in [3.63, 3.8) is 0 Å². The molecule has 19 heavy (non-hydrogen) atoms. The molecule has 1 aromatic rings. The summed E-state index contributed by atoms with van der Waals surface area (Å²) in [6, 6.07) is 7.63. The maximum Gasteiger partial charge on any atom is 0.224 e. The molecule has 1 amide bonds. The fraction of sp³-hybridized carbons (Fsp3) is 0.500. The molecule has 0 aliphatic carbocycles. The summed E-state index contributed by atoms with van der Waals surface area (Å²) in [6.45, 7) is 4.53. The lowest BCUT2D eigenvalue weighted by atomic mass is 10.1. The van der Waals surface area contributed by atoms with E-state index in [1.165, 1.54) is 0 Å². The first-order chi connectivity index (χ1) is 9.03. The molecule has 1 N–H and O–H groups in total. The number of methoxy groups -OCH3 is 1. The van der Waals surface area contributed by atoms with E-state index < -0.39 is 0 Å². The zero-order chi connectivity index (χ0) is 13.9. The number of nitrogens with one attached hydrogen (secondary N) is 1. The van der Waals surface area contributed by atoms with Gasteiger partial charge in [-0.25, -0.2) is 0 Å². The van der Waals surface area contributed by atoms with Gasteiger partial charge in [-0.3, -0.25) is 4.79 Å². The first-order valence-corrected chi connectivity index (χ1v) is 6.37. The Morgan fingerprint density at radius 2 is 2.00 bits per heavy atom. The van der Waals surface area contributed by atoms with E-state index in [0.717, 1.165) is 11.3 Å². The predicted octanol–water partition coefficient (Wildman–Crippen LogP) is 2.94. The van der Waals surface area contributed by atoms with Gasteiger partial charge < -0.3 is 10.1 Å². The van der Waals surface area contributed by atoms with Gasteiger partial charge in [-0.1, -0.05) is 19.1 Å². The minimum absolute atomic E-state index is 0.00399. The third-order valence-electron chi connectivity index (χ3n) is 3.10. The monoisotopic (exact) mass is 261 g/mol. The van der Waals surface area contributed by atoms with Gasteiger partial charge in [-0.2, -0.15) is 10.2 Å². The van der Waals surface area contributed by atoms with Gasteiger partial charge in [0.1, 0.15) is 0 Å². The molecule has 0 bridgehead atoms. The van der Waals surface area contributed by atoms with Crippen LogP contribution in [-0.4, -0.2) is 19.6 Å². The van der Waals surface area contributed by atoms with Crippen molar-refractivity contribution < 1.29 is 9.53 Å². The number of anilines is 1. The molecule has 1 aliphatic heterocycles. The summed E-state index contributed by atoms with van der Waals surface area (Å²) in [5.74, 6) is 0.219. The third kappa shape index (κ3) is 3.61. The molecule has 102 valence electrons. The standard InChI is InChI=1S/C14H19N3O2/c1-10(9-19-3)8-13(18)15-12-6-4-11(5-7-12)14(2)16-17-14/h4-7,10H,8-9H2,1-3H3,(H,15,18). The highest BCUT2D eigenvalue weighted by atomic mass is 16.5. The summed E-state index contributed by atoms with van der Waals surface area (Å²) >= 11 is 0. The van der Waals surface area contributed by atoms with Gasteiger partial charge in [0.15, 0.2) is 0 Å². The Morgan fingerprint density at radius 3 is 2.53 bits per heavy atom. The molecule has 0 spiro atoms. The number of amides is 1. The fourth-order valence-corrected chi connectivity index (χ4v) is 1.93. The van der Waals surface area contributed by atoms with Gasteiger partial charge in [0.25, 0.3) is 0 Å². The number of nitrogens with zero attached hydrogens (tertiary/aromatic N) is 2. The van der Waals surface area contributed by atoms with E-state index in [4.69, 9.17) is 4.74 Å². The largest absolute Gasteiger partial charge is 0.384 e. The number of rotatable bonds is 6. The zero-order valence-electron chi connectivity index (χ0n) is 11.5. The summed E-state index contributed by atoms with van der Waals surface area (Å²) in [5.41, 5.74) is 1.47. The van der Waals surface area contributed by atoms with Gasteiger partial charge in [0.05, 0.1) is 0 Å². The second-order valence-corrected chi connectivity index (χ2v) is 5.11. The molecular formula is C14H19N3O2. The van der Waals surface area contributed by atoms with Crippen LogP contribution in [0.4, 0.5) is 5.69 Å². The van der Waals surface area contributed by atoms with Crippen molar-refractivity contribution in [2.24, 2.45) is 16.1 Å². The van der Waals surface area contributed by atoms with Crippen LogP contribution in [0.25, 0.3) is 0 Å². The van der Waals surface area contributed by atoms with Crippen LogP contribution in [0, 0.1) is 5.92 Å². The summed E-state index contributed by atoms with van der Waals surface area (Å²) in [5, 5.41) is 10.8. The molecule has 1 unspecified atom stereocenters. The highest BCUT2D eigenvalue weighted by Gasteiger charge is 2.35. The molecular weight excluding hydrogens is 242 g/mol. The Labute approximate surface area is 113 Å². The van der Waals surface area contributed by atoms with Crippen LogP contribution in [0.15, 0.2) is 34.5 Å².